The van der Waals surface area contributed by atoms with Crippen LogP contribution in [0.25, 0.3) is 0 Å². The lowest BCUT2D eigenvalue weighted by atomic mass is 10.2. The number of hydrogen-bond donors (Lipinski definition) is 2. The van der Waals surface area contributed by atoms with E-state index in [0.29, 0.717) is 0 Å². The van der Waals surface area contributed by atoms with Gasteiger partial charge in [0.2, 0.25) is 5.56 Å². The fraction of sp³-hybridized carbons (Fsp3) is 0.143. The molecule has 0 atom stereocenters. The molecule has 0 spiro atoms. The van der Waals surface area contributed by atoms with E-state index >= 15 is 0 Å². The molecule has 116 valence electrons. The molecule has 0 saturated heterocycles. The summed E-state index contributed by atoms with van der Waals surface area (Å²) in [6.45, 7) is 0. The van der Waals surface area contributed by atoms with Crippen molar-refractivity contribution in [1.82, 2.24) is 9.99 Å². The molecule has 0 radical (unpaired) electrons. The summed E-state index contributed by atoms with van der Waals surface area (Å²) >= 11 is 0. The standard InChI is InChI=1S/C14H12F3N3O2/c1-20-8-9(6-7-12(20)21)13(22)19-18-11-5-3-2-4-10(11)14(15,16)17/h2-8,18H,1H3,(H,19,22). The van der Waals surface area contributed by atoms with Crippen LogP contribution in [0.1, 0.15) is 15.9 Å². The quantitative estimate of drug-likeness (QED) is 0.854. The van der Waals surface area contributed by atoms with Gasteiger partial charge in [0.1, 0.15) is 0 Å². The van der Waals surface area contributed by atoms with Gasteiger partial charge in [-0.15, -0.1) is 0 Å². The first kappa shape index (κ1) is 15.6. The van der Waals surface area contributed by atoms with Gasteiger partial charge in [0.05, 0.1) is 16.8 Å². The Labute approximate surface area is 123 Å². The molecule has 0 saturated carbocycles. The van der Waals surface area contributed by atoms with Crippen LogP contribution in [0.15, 0.2) is 47.4 Å². The van der Waals surface area contributed by atoms with Crippen molar-refractivity contribution in [3.8, 4) is 0 Å². The van der Waals surface area contributed by atoms with E-state index in [2.05, 4.69) is 10.9 Å². The van der Waals surface area contributed by atoms with Crippen molar-refractivity contribution in [2.45, 2.75) is 6.18 Å². The summed E-state index contributed by atoms with van der Waals surface area (Å²) in [6.07, 6.45) is -3.25. The van der Waals surface area contributed by atoms with Crippen LogP contribution < -0.4 is 16.4 Å². The third-order valence-corrected chi connectivity index (χ3v) is 2.89. The van der Waals surface area contributed by atoms with Crippen molar-refractivity contribution in [3.63, 3.8) is 0 Å². The summed E-state index contributed by atoms with van der Waals surface area (Å²) in [4.78, 5) is 23.1. The minimum atomic E-state index is -4.54. The molecule has 22 heavy (non-hydrogen) atoms. The molecular weight excluding hydrogens is 299 g/mol. The predicted octanol–water partition coefficient (Wildman–Crippen LogP) is 2.16. The molecule has 1 aromatic carbocycles. The number of hydrazine groups is 1. The summed E-state index contributed by atoms with van der Waals surface area (Å²) in [5.41, 5.74) is 3.09. The zero-order chi connectivity index (χ0) is 16.3. The summed E-state index contributed by atoms with van der Waals surface area (Å²) in [6, 6.07) is 7.25. The number of pyridine rings is 1. The highest BCUT2D eigenvalue weighted by Gasteiger charge is 2.33. The summed E-state index contributed by atoms with van der Waals surface area (Å²) in [7, 11) is 1.46. The van der Waals surface area contributed by atoms with E-state index in [-0.39, 0.29) is 16.8 Å². The van der Waals surface area contributed by atoms with Crippen molar-refractivity contribution in [2.24, 2.45) is 7.05 Å². The summed E-state index contributed by atoms with van der Waals surface area (Å²) in [5.74, 6) is -0.660. The lowest BCUT2D eigenvalue weighted by Gasteiger charge is -2.15. The van der Waals surface area contributed by atoms with Gasteiger partial charge in [-0.1, -0.05) is 12.1 Å². The summed E-state index contributed by atoms with van der Waals surface area (Å²) < 4.78 is 39.6. The van der Waals surface area contributed by atoms with Gasteiger partial charge in [-0.2, -0.15) is 13.2 Å². The minimum Gasteiger partial charge on any atom is -0.318 e. The minimum absolute atomic E-state index is 0.138. The number of rotatable bonds is 3. The second-order valence-electron chi connectivity index (χ2n) is 4.49. The molecule has 0 bridgehead atoms. The number of aromatic nitrogens is 1. The lowest BCUT2D eigenvalue weighted by molar-refractivity contribution is -0.137. The van der Waals surface area contributed by atoms with E-state index in [4.69, 9.17) is 0 Å². The average molecular weight is 311 g/mol. The Morgan fingerprint density at radius 1 is 1.14 bits per heavy atom. The Morgan fingerprint density at radius 2 is 1.82 bits per heavy atom. The van der Waals surface area contributed by atoms with Crippen LogP contribution in [-0.4, -0.2) is 10.5 Å². The Morgan fingerprint density at radius 3 is 2.45 bits per heavy atom. The van der Waals surface area contributed by atoms with Crippen LogP contribution in [0.5, 0.6) is 0 Å². The van der Waals surface area contributed by atoms with E-state index in [1.165, 1.54) is 48.1 Å². The second kappa shape index (κ2) is 5.92. The molecule has 2 rings (SSSR count). The Bertz CT molecular complexity index is 753. The van der Waals surface area contributed by atoms with E-state index < -0.39 is 17.6 Å². The van der Waals surface area contributed by atoms with Gasteiger partial charge in [-0.05, 0) is 18.2 Å². The van der Waals surface area contributed by atoms with Crippen molar-refractivity contribution >= 4 is 11.6 Å². The number of alkyl halides is 3. The Kier molecular flexibility index (Phi) is 4.20. The van der Waals surface area contributed by atoms with E-state index in [9.17, 15) is 22.8 Å². The Balaban J connectivity index is 2.15. The number of halogens is 3. The molecule has 1 heterocycles. The van der Waals surface area contributed by atoms with E-state index in [1.807, 2.05) is 0 Å². The highest BCUT2D eigenvalue weighted by molar-refractivity contribution is 5.94. The monoisotopic (exact) mass is 311 g/mol. The van der Waals surface area contributed by atoms with Crippen molar-refractivity contribution < 1.29 is 18.0 Å². The number of amides is 1. The average Bonchev–Trinajstić information content (AvgIpc) is 2.47. The SMILES string of the molecule is Cn1cc(C(=O)NNc2ccccc2C(F)(F)F)ccc1=O. The molecule has 1 amide bonds. The van der Waals surface area contributed by atoms with Crippen molar-refractivity contribution in [1.29, 1.82) is 0 Å². The smallest absolute Gasteiger partial charge is 0.318 e. The van der Waals surface area contributed by atoms with Gasteiger partial charge >= 0.3 is 6.18 Å². The first-order valence-corrected chi connectivity index (χ1v) is 6.18. The lowest BCUT2D eigenvalue weighted by Crippen LogP contribution is -2.31. The molecular formula is C14H12F3N3O2. The van der Waals surface area contributed by atoms with Crippen LogP contribution in [0.2, 0.25) is 0 Å². The maximum Gasteiger partial charge on any atom is 0.418 e. The maximum atomic E-state index is 12.8. The number of nitrogens with one attached hydrogen (secondary N) is 2. The van der Waals surface area contributed by atoms with Crippen molar-refractivity contribution in [2.75, 3.05) is 5.43 Å². The van der Waals surface area contributed by atoms with Crippen LogP contribution in [-0.2, 0) is 13.2 Å². The maximum absolute atomic E-state index is 12.8. The van der Waals surface area contributed by atoms with Crippen LogP contribution in [0.3, 0.4) is 0 Å². The van der Waals surface area contributed by atoms with Crippen LogP contribution in [0.4, 0.5) is 18.9 Å². The molecule has 0 unspecified atom stereocenters. The molecule has 2 aromatic rings. The summed E-state index contributed by atoms with van der Waals surface area (Å²) in [5, 5.41) is 0. The molecule has 5 nitrogen and oxygen atoms in total. The van der Waals surface area contributed by atoms with Crippen LogP contribution in [0, 0.1) is 0 Å². The normalized spacial score (nSPS) is 11.1. The number of nitrogens with zero attached hydrogens (tertiary/aromatic N) is 1. The highest BCUT2D eigenvalue weighted by atomic mass is 19.4. The first-order valence-electron chi connectivity index (χ1n) is 6.18. The van der Waals surface area contributed by atoms with E-state index in [1.54, 1.807) is 0 Å². The fourth-order valence-electron chi connectivity index (χ4n) is 1.76. The number of aryl methyl sites for hydroxylation is 1. The largest absolute Gasteiger partial charge is 0.418 e. The third kappa shape index (κ3) is 3.46. The number of carbonyl (C=O) groups excluding carboxylic acids is 1. The van der Waals surface area contributed by atoms with Gasteiger partial charge in [0.25, 0.3) is 5.91 Å². The fourth-order valence-corrected chi connectivity index (χ4v) is 1.76. The third-order valence-electron chi connectivity index (χ3n) is 2.89. The zero-order valence-corrected chi connectivity index (χ0v) is 11.4. The van der Waals surface area contributed by atoms with Gasteiger partial charge < -0.3 is 4.57 Å². The van der Waals surface area contributed by atoms with Gasteiger partial charge in [-0.25, -0.2) is 0 Å². The highest BCUT2D eigenvalue weighted by Crippen LogP contribution is 2.34. The number of carbonyl (C=O) groups is 1. The molecule has 0 aliphatic carbocycles. The topological polar surface area (TPSA) is 63.1 Å². The van der Waals surface area contributed by atoms with E-state index in [0.717, 1.165) is 6.07 Å². The molecule has 2 N–H and O–H groups in total. The first-order chi connectivity index (χ1) is 10.3. The zero-order valence-electron chi connectivity index (χ0n) is 11.4. The van der Waals surface area contributed by atoms with Gasteiger partial charge in [-0.3, -0.25) is 20.4 Å². The molecule has 0 fully saturated rings. The Hall–Kier alpha value is -2.77. The van der Waals surface area contributed by atoms with Crippen molar-refractivity contribution in [3.05, 3.63) is 64.1 Å². The van der Waals surface area contributed by atoms with Gasteiger partial charge in [0.15, 0.2) is 0 Å². The molecule has 0 aliphatic heterocycles. The van der Waals surface area contributed by atoms with Gasteiger partial charge in [0, 0.05) is 19.3 Å². The predicted molar refractivity (Wildman–Crippen MR) is 74.2 cm³/mol. The number of para-hydroxylation sites is 1. The number of hydrogen-bond acceptors (Lipinski definition) is 3. The van der Waals surface area contributed by atoms with Crippen LogP contribution >= 0.6 is 0 Å². The molecule has 0 aliphatic rings. The molecule has 1 aromatic heterocycles. The molecule has 8 heteroatoms. The number of benzene rings is 1. The second-order valence-corrected chi connectivity index (χ2v) is 4.49. The number of anilines is 1.